The summed E-state index contributed by atoms with van der Waals surface area (Å²) in [6, 6.07) is 2.20. The molecular formula is C17H30N4O. The molecule has 0 aromatic carbocycles. The zero-order valence-electron chi connectivity index (χ0n) is 14.9. The van der Waals surface area contributed by atoms with Gasteiger partial charge in [0.2, 0.25) is 5.91 Å². The van der Waals surface area contributed by atoms with Crippen molar-refractivity contribution in [3.63, 3.8) is 0 Å². The van der Waals surface area contributed by atoms with Gasteiger partial charge in [0.15, 0.2) is 0 Å². The first-order valence-electron chi connectivity index (χ1n) is 8.15. The summed E-state index contributed by atoms with van der Waals surface area (Å²) in [6.45, 7) is 8.55. The number of amides is 1. The van der Waals surface area contributed by atoms with Crippen molar-refractivity contribution in [2.45, 2.75) is 46.1 Å². The second-order valence-corrected chi connectivity index (χ2v) is 7.76. The molecule has 1 saturated heterocycles. The van der Waals surface area contributed by atoms with Crippen molar-refractivity contribution in [1.29, 1.82) is 0 Å². The molecule has 1 amide bonds. The highest BCUT2D eigenvalue weighted by Gasteiger charge is 2.32. The van der Waals surface area contributed by atoms with Crippen LogP contribution in [-0.2, 0) is 18.4 Å². The molecule has 0 unspecified atom stereocenters. The van der Waals surface area contributed by atoms with Crippen molar-refractivity contribution < 1.29 is 4.79 Å². The fourth-order valence-electron chi connectivity index (χ4n) is 3.08. The van der Waals surface area contributed by atoms with Crippen LogP contribution in [0.3, 0.4) is 0 Å². The maximum atomic E-state index is 12.5. The van der Waals surface area contributed by atoms with Crippen LogP contribution in [0.2, 0.25) is 0 Å². The molecule has 22 heavy (non-hydrogen) atoms. The van der Waals surface area contributed by atoms with Crippen LogP contribution in [0.15, 0.2) is 6.07 Å². The Morgan fingerprint density at radius 2 is 2.09 bits per heavy atom. The van der Waals surface area contributed by atoms with E-state index in [4.69, 9.17) is 5.10 Å². The van der Waals surface area contributed by atoms with Crippen LogP contribution < -0.4 is 0 Å². The number of rotatable bonds is 3. The van der Waals surface area contributed by atoms with Gasteiger partial charge in [0, 0.05) is 38.0 Å². The van der Waals surface area contributed by atoms with E-state index in [1.54, 1.807) is 0 Å². The molecule has 0 saturated carbocycles. The Kier molecular flexibility index (Phi) is 4.95. The van der Waals surface area contributed by atoms with Gasteiger partial charge in [-0.25, -0.2) is 0 Å². The van der Waals surface area contributed by atoms with E-state index in [0.29, 0.717) is 5.92 Å². The molecule has 5 nitrogen and oxygen atoms in total. The Morgan fingerprint density at radius 1 is 1.41 bits per heavy atom. The minimum Gasteiger partial charge on any atom is -0.342 e. The number of carbonyl (C=O) groups excluding carboxylic acids is 1. The average molecular weight is 306 g/mol. The molecule has 0 aliphatic carbocycles. The largest absolute Gasteiger partial charge is 0.342 e. The van der Waals surface area contributed by atoms with E-state index in [9.17, 15) is 4.79 Å². The molecule has 2 rings (SSSR count). The molecule has 0 spiro atoms. The molecule has 0 bridgehead atoms. The lowest BCUT2D eigenvalue weighted by molar-refractivity contribution is -0.140. The van der Waals surface area contributed by atoms with Gasteiger partial charge < -0.3 is 9.80 Å². The predicted octanol–water partition coefficient (Wildman–Crippen LogP) is 2.23. The van der Waals surface area contributed by atoms with Gasteiger partial charge in [0.25, 0.3) is 0 Å². The first kappa shape index (κ1) is 17.0. The molecule has 2 heterocycles. The summed E-state index contributed by atoms with van der Waals surface area (Å²) in [7, 11) is 6.14. The van der Waals surface area contributed by atoms with Crippen LogP contribution >= 0.6 is 0 Å². The van der Waals surface area contributed by atoms with E-state index < -0.39 is 0 Å². The number of aryl methyl sites for hydroxylation is 1. The fraction of sp³-hybridized carbons (Fsp3) is 0.765. The van der Waals surface area contributed by atoms with Crippen molar-refractivity contribution in [1.82, 2.24) is 19.6 Å². The Morgan fingerprint density at radius 3 is 2.68 bits per heavy atom. The van der Waals surface area contributed by atoms with Gasteiger partial charge in [0.1, 0.15) is 0 Å². The highest BCUT2D eigenvalue weighted by molar-refractivity contribution is 5.81. The number of aromatic nitrogens is 2. The monoisotopic (exact) mass is 306 g/mol. The third-order valence-electron chi connectivity index (χ3n) is 4.24. The van der Waals surface area contributed by atoms with Crippen LogP contribution in [0.5, 0.6) is 0 Å². The van der Waals surface area contributed by atoms with Gasteiger partial charge in [-0.1, -0.05) is 20.8 Å². The van der Waals surface area contributed by atoms with Gasteiger partial charge in [0.05, 0.1) is 11.4 Å². The molecule has 1 fully saturated rings. The van der Waals surface area contributed by atoms with Crippen LogP contribution in [0.4, 0.5) is 0 Å². The summed E-state index contributed by atoms with van der Waals surface area (Å²) in [4.78, 5) is 16.7. The van der Waals surface area contributed by atoms with Gasteiger partial charge in [-0.2, -0.15) is 5.10 Å². The smallest absolute Gasteiger partial charge is 0.227 e. The number of piperidine rings is 1. The van der Waals surface area contributed by atoms with E-state index in [1.807, 2.05) is 37.4 Å². The summed E-state index contributed by atoms with van der Waals surface area (Å²) in [6.07, 6.45) is 2.18. The zero-order valence-corrected chi connectivity index (χ0v) is 14.9. The third-order valence-corrected chi connectivity index (χ3v) is 4.24. The summed E-state index contributed by atoms with van der Waals surface area (Å²) < 4.78 is 1.97. The topological polar surface area (TPSA) is 41.4 Å². The van der Waals surface area contributed by atoms with Crippen LogP contribution in [-0.4, -0.2) is 52.7 Å². The van der Waals surface area contributed by atoms with Gasteiger partial charge >= 0.3 is 0 Å². The average Bonchev–Trinajstić information content (AvgIpc) is 2.78. The minimum atomic E-state index is -0.303. The van der Waals surface area contributed by atoms with Gasteiger partial charge in [-0.05, 0) is 33.0 Å². The van der Waals surface area contributed by atoms with Gasteiger partial charge in [-0.3, -0.25) is 9.48 Å². The Labute approximate surface area is 134 Å². The molecule has 1 aromatic rings. The lowest BCUT2D eigenvalue weighted by atomic mass is 9.90. The summed E-state index contributed by atoms with van der Waals surface area (Å²) in [5.41, 5.74) is 2.05. The number of carbonyl (C=O) groups is 1. The lowest BCUT2D eigenvalue weighted by Crippen LogP contribution is -2.44. The Balaban J connectivity index is 2.11. The SMILES string of the molecule is CN(C)Cc1cc([C@@H]2CCCN(C(=O)C(C)(C)C)C2)nn1C. The van der Waals surface area contributed by atoms with Crippen molar-refractivity contribution in [3.8, 4) is 0 Å². The second kappa shape index (κ2) is 6.41. The lowest BCUT2D eigenvalue weighted by Gasteiger charge is -2.36. The highest BCUT2D eigenvalue weighted by Crippen LogP contribution is 2.29. The van der Waals surface area contributed by atoms with Crippen molar-refractivity contribution in [2.75, 3.05) is 27.2 Å². The number of hydrogen-bond donors (Lipinski definition) is 0. The van der Waals surface area contributed by atoms with Crippen LogP contribution in [0.1, 0.15) is 50.9 Å². The molecule has 0 radical (unpaired) electrons. The maximum absolute atomic E-state index is 12.5. The molecule has 1 aliphatic rings. The third kappa shape index (κ3) is 3.88. The summed E-state index contributed by atoms with van der Waals surface area (Å²) >= 11 is 0. The minimum absolute atomic E-state index is 0.252. The summed E-state index contributed by atoms with van der Waals surface area (Å²) in [5.74, 6) is 0.615. The maximum Gasteiger partial charge on any atom is 0.227 e. The zero-order chi connectivity index (χ0) is 16.5. The van der Waals surface area contributed by atoms with Gasteiger partial charge in [-0.15, -0.1) is 0 Å². The van der Waals surface area contributed by atoms with Crippen LogP contribution in [0.25, 0.3) is 0 Å². The highest BCUT2D eigenvalue weighted by atomic mass is 16.2. The molecular weight excluding hydrogens is 276 g/mol. The fourth-order valence-corrected chi connectivity index (χ4v) is 3.08. The Bertz CT molecular complexity index is 527. The quantitative estimate of drug-likeness (QED) is 0.860. The van der Waals surface area contributed by atoms with Crippen molar-refractivity contribution >= 4 is 5.91 Å². The number of hydrogen-bond acceptors (Lipinski definition) is 3. The van der Waals surface area contributed by atoms with Crippen LogP contribution in [0, 0.1) is 5.41 Å². The number of likely N-dealkylation sites (tertiary alicyclic amines) is 1. The van der Waals surface area contributed by atoms with E-state index >= 15 is 0 Å². The molecule has 5 heteroatoms. The standard InChI is InChI=1S/C17H30N4O/c1-17(2,3)16(22)21-9-7-8-13(11-21)15-10-14(12-19(4)5)20(6)18-15/h10,13H,7-9,11-12H2,1-6H3/t13-/m1/s1. The predicted molar refractivity (Wildman–Crippen MR) is 88.6 cm³/mol. The Hall–Kier alpha value is -1.36. The molecule has 1 aromatic heterocycles. The van der Waals surface area contributed by atoms with E-state index in [-0.39, 0.29) is 11.3 Å². The molecule has 0 N–H and O–H groups in total. The van der Waals surface area contributed by atoms with E-state index in [2.05, 4.69) is 25.1 Å². The normalized spacial score (nSPS) is 19.8. The molecule has 1 aliphatic heterocycles. The molecule has 124 valence electrons. The summed E-state index contributed by atoms with van der Waals surface area (Å²) in [5, 5.41) is 4.70. The van der Waals surface area contributed by atoms with E-state index in [1.165, 1.54) is 5.69 Å². The number of nitrogens with zero attached hydrogens (tertiary/aromatic N) is 4. The first-order valence-corrected chi connectivity index (χ1v) is 8.15. The van der Waals surface area contributed by atoms with E-state index in [0.717, 1.165) is 38.2 Å². The van der Waals surface area contributed by atoms with Crippen molar-refractivity contribution in [3.05, 3.63) is 17.5 Å². The first-order chi connectivity index (χ1) is 10.2. The second-order valence-electron chi connectivity index (χ2n) is 7.76. The molecule has 1 atom stereocenters. The van der Waals surface area contributed by atoms with Crippen molar-refractivity contribution in [2.24, 2.45) is 12.5 Å².